The summed E-state index contributed by atoms with van der Waals surface area (Å²) in [5, 5.41) is 2.13. The number of hydrogen-bond acceptors (Lipinski definition) is 5. The van der Waals surface area contributed by atoms with Crippen LogP contribution in [0.3, 0.4) is 0 Å². The maximum Gasteiger partial charge on any atom is 0.346 e. The largest absolute Gasteiger partial charge is 0.421 e. The second-order valence-corrected chi connectivity index (χ2v) is 7.76. The van der Waals surface area contributed by atoms with Crippen LogP contribution in [0.25, 0.3) is 6.08 Å². The topological polar surface area (TPSA) is 92.8 Å². The number of rotatable bonds is 4. The zero-order chi connectivity index (χ0) is 24.4. The first kappa shape index (κ1) is 22.9. The van der Waals surface area contributed by atoms with Crippen molar-refractivity contribution in [2.75, 3.05) is 4.90 Å². The fourth-order valence-electron chi connectivity index (χ4n) is 3.22. The predicted molar refractivity (Wildman–Crippen MR) is 123 cm³/mol. The second kappa shape index (κ2) is 9.29. The minimum atomic E-state index is -0.930. The van der Waals surface area contributed by atoms with Gasteiger partial charge in [0.15, 0.2) is 0 Å². The van der Waals surface area contributed by atoms with E-state index in [2.05, 4.69) is 5.32 Å². The predicted octanol–water partition coefficient (Wildman–Crippen LogP) is 4.67. The fraction of sp³-hybridized carbons (Fsp3) is 0.0400. The van der Waals surface area contributed by atoms with Crippen molar-refractivity contribution in [2.24, 2.45) is 0 Å². The van der Waals surface area contributed by atoms with Crippen molar-refractivity contribution in [3.05, 3.63) is 99.8 Å². The van der Waals surface area contributed by atoms with Gasteiger partial charge in [-0.1, -0.05) is 47.5 Å². The van der Waals surface area contributed by atoms with E-state index in [0.717, 1.165) is 16.5 Å². The van der Waals surface area contributed by atoms with Gasteiger partial charge in [0.2, 0.25) is 0 Å². The molecule has 9 heteroatoms. The number of imide groups is 2. The minimum Gasteiger partial charge on any atom is -0.421 e. The molecule has 1 heterocycles. The highest BCUT2D eigenvalue weighted by atomic mass is 35.5. The van der Waals surface area contributed by atoms with E-state index in [1.165, 1.54) is 42.5 Å². The number of urea groups is 1. The number of carbonyl (C=O) groups is 4. The maximum atomic E-state index is 13.8. The van der Waals surface area contributed by atoms with Gasteiger partial charge in [-0.05, 0) is 55.0 Å². The number of hydrogen-bond donors (Lipinski definition) is 1. The molecule has 3 aromatic rings. The van der Waals surface area contributed by atoms with E-state index in [-0.39, 0.29) is 21.9 Å². The molecule has 0 unspecified atom stereocenters. The van der Waals surface area contributed by atoms with Crippen LogP contribution < -0.4 is 15.0 Å². The van der Waals surface area contributed by atoms with Gasteiger partial charge in [-0.25, -0.2) is 18.9 Å². The number of carbonyl (C=O) groups excluding carboxylic acids is 4. The molecule has 0 spiro atoms. The summed E-state index contributed by atoms with van der Waals surface area (Å²) in [5.41, 5.74) is 1.04. The summed E-state index contributed by atoms with van der Waals surface area (Å²) in [6.45, 7) is 1.86. The molecule has 1 aliphatic rings. The van der Waals surface area contributed by atoms with Crippen molar-refractivity contribution < 1.29 is 28.3 Å². The summed E-state index contributed by atoms with van der Waals surface area (Å²) in [4.78, 5) is 50.7. The van der Waals surface area contributed by atoms with E-state index in [9.17, 15) is 23.6 Å². The van der Waals surface area contributed by atoms with Crippen molar-refractivity contribution in [2.45, 2.75) is 6.92 Å². The third-order valence-corrected chi connectivity index (χ3v) is 5.25. The van der Waals surface area contributed by atoms with Gasteiger partial charge in [0.05, 0.1) is 16.3 Å². The van der Waals surface area contributed by atoms with Crippen LogP contribution in [0.4, 0.5) is 14.9 Å². The summed E-state index contributed by atoms with van der Waals surface area (Å²) >= 11 is 6.20. The molecule has 7 nitrogen and oxygen atoms in total. The quantitative estimate of drug-likeness (QED) is 0.254. The number of nitrogens with zero attached hydrogens (tertiary/aromatic N) is 1. The summed E-state index contributed by atoms with van der Waals surface area (Å²) in [6, 6.07) is 15.3. The normalized spacial score (nSPS) is 14.9. The number of nitrogens with one attached hydrogen (secondary N) is 1. The van der Waals surface area contributed by atoms with Gasteiger partial charge in [-0.15, -0.1) is 0 Å². The molecule has 4 amide bonds. The number of esters is 1. The molecule has 0 saturated carbocycles. The highest BCUT2D eigenvalue weighted by molar-refractivity contribution is 6.39. The Morgan fingerprint density at radius 2 is 1.74 bits per heavy atom. The number of benzene rings is 3. The molecule has 0 atom stereocenters. The van der Waals surface area contributed by atoms with Crippen molar-refractivity contribution >= 4 is 47.2 Å². The number of anilines is 1. The Labute approximate surface area is 198 Å². The van der Waals surface area contributed by atoms with E-state index in [1.807, 2.05) is 6.92 Å². The molecule has 1 aliphatic heterocycles. The monoisotopic (exact) mass is 478 g/mol. The van der Waals surface area contributed by atoms with E-state index in [0.29, 0.717) is 11.3 Å². The molecule has 4 rings (SSSR count). The van der Waals surface area contributed by atoms with Gasteiger partial charge in [0.1, 0.15) is 17.1 Å². The van der Waals surface area contributed by atoms with Crippen LogP contribution in [0.1, 0.15) is 21.5 Å². The van der Waals surface area contributed by atoms with Crippen LogP contribution in [0, 0.1) is 12.7 Å². The van der Waals surface area contributed by atoms with Gasteiger partial charge >= 0.3 is 12.0 Å². The number of halogens is 2. The Hall–Kier alpha value is -4.30. The molecule has 1 saturated heterocycles. The summed E-state index contributed by atoms with van der Waals surface area (Å²) < 4.78 is 19.0. The highest BCUT2D eigenvalue weighted by Crippen LogP contribution is 2.29. The Morgan fingerprint density at radius 1 is 1.03 bits per heavy atom. The van der Waals surface area contributed by atoms with Crippen molar-refractivity contribution in [3.8, 4) is 5.75 Å². The smallest absolute Gasteiger partial charge is 0.346 e. The SMILES string of the molecule is Cc1ccc(N2C(=O)NC(=O)C(=Cc3ccc(OC(=O)c4ccccc4F)c(Cl)c3)C2=O)cc1. The first-order chi connectivity index (χ1) is 16.2. The van der Waals surface area contributed by atoms with Gasteiger partial charge in [0.25, 0.3) is 11.8 Å². The molecule has 0 bridgehead atoms. The third-order valence-electron chi connectivity index (χ3n) is 4.96. The first-order valence-corrected chi connectivity index (χ1v) is 10.4. The lowest BCUT2D eigenvalue weighted by molar-refractivity contribution is -0.122. The molecule has 1 fully saturated rings. The zero-order valence-corrected chi connectivity index (χ0v) is 18.4. The van der Waals surface area contributed by atoms with Gasteiger partial charge in [-0.3, -0.25) is 14.9 Å². The van der Waals surface area contributed by atoms with Crippen LogP contribution in [-0.2, 0) is 9.59 Å². The Balaban J connectivity index is 1.59. The Morgan fingerprint density at radius 3 is 2.41 bits per heavy atom. The van der Waals surface area contributed by atoms with Gasteiger partial charge < -0.3 is 4.74 Å². The van der Waals surface area contributed by atoms with E-state index in [1.54, 1.807) is 24.3 Å². The average molecular weight is 479 g/mol. The Kier molecular flexibility index (Phi) is 6.25. The molecule has 34 heavy (non-hydrogen) atoms. The molecular weight excluding hydrogens is 463 g/mol. The van der Waals surface area contributed by atoms with Crippen LogP contribution in [0.5, 0.6) is 5.75 Å². The van der Waals surface area contributed by atoms with Gasteiger partial charge in [0, 0.05) is 0 Å². The summed E-state index contributed by atoms with van der Waals surface area (Å²) in [7, 11) is 0. The number of amides is 4. The maximum absolute atomic E-state index is 13.8. The third kappa shape index (κ3) is 4.57. The molecule has 170 valence electrons. The molecule has 3 aromatic carbocycles. The molecule has 0 aromatic heterocycles. The lowest BCUT2D eigenvalue weighted by Gasteiger charge is -2.26. The van der Waals surface area contributed by atoms with Crippen molar-refractivity contribution in [3.63, 3.8) is 0 Å². The molecule has 0 aliphatic carbocycles. The van der Waals surface area contributed by atoms with Crippen LogP contribution >= 0.6 is 11.6 Å². The zero-order valence-electron chi connectivity index (χ0n) is 17.7. The molecule has 0 radical (unpaired) electrons. The lowest BCUT2D eigenvalue weighted by atomic mass is 10.1. The van der Waals surface area contributed by atoms with Crippen LogP contribution in [0.15, 0.2) is 72.3 Å². The molecule has 1 N–H and O–H groups in total. The van der Waals surface area contributed by atoms with Crippen molar-refractivity contribution in [1.82, 2.24) is 5.32 Å². The van der Waals surface area contributed by atoms with Crippen LogP contribution in [0.2, 0.25) is 5.02 Å². The number of ether oxygens (including phenoxy) is 1. The summed E-state index contributed by atoms with van der Waals surface area (Å²) in [5.74, 6) is -3.36. The van der Waals surface area contributed by atoms with E-state index < -0.39 is 29.6 Å². The van der Waals surface area contributed by atoms with Crippen LogP contribution in [-0.4, -0.2) is 23.8 Å². The number of aryl methyl sites for hydroxylation is 1. The molecular formula is C25H16ClFN2O5. The van der Waals surface area contributed by atoms with E-state index in [4.69, 9.17) is 16.3 Å². The fourth-order valence-corrected chi connectivity index (χ4v) is 3.45. The highest BCUT2D eigenvalue weighted by Gasteiger charge is 2.36. The van der Waals surface area contributed by atoms with Crippen molar-refractivity contribution in [1.29, 1.82) is 0 Å². The van der Waals surface area contributed by atoms with Gasteiger partial charge in [-0.2, -0.15) is 0 Å². The lowest BCUT2D eigenvalue weighted by Crippen LogP contribution is -2.54. The average Bonchev–Trinajstić information content (AvgIpc) is 2.79. The minimum absolute atomic E-state index is 0.00540. The summed E-state index contributed by atoms with van der Waals surface area (Å²) in [6.07, 6.45) is 1.26. The standard InChI is InChI=1S/C25H16ClFN2O5/c1-14-6-9-16(10-7-14)29-23(31)18(22(30)28-25(29)33)12-15-8-11-21(19(26)13-15)34-24(32)17-4-2-3-5-20(17)27/h2-13H,1H3,(H,28,30,33). The first-order valence-electron chi connectivity index (χ1n) is 9.99. The Bertz CT molecular complexity index is 1370. The second-order valence-electron chi connectivity index (χ2n) is 7.35. The number of barbiturate groups is 1. The van der Waals surface area contributed by atoms with E-state index >= 15 is 0 Å².